The smallest absolute Gasteiger partial charge is 0.0540 e. The maximum Gasteiger partial charge on any atom is 0.0540 e. The van der Waals surface area contributed by atoms with Gasteiger partial charge in [0.15, 0.2) is 0 Å². The predicted molar refractivity (Wildman–Crippen MR) is 259 cm³/mol. The number of anilines is 3. The molecule has 11 rings (SSSR count). The van der Waals surface area contributed by atoms with Gasteiger partial charge in [0.1, 0.15) is 0 Å². The van der Waals surface area contributed by atoms with Crippen molar-refractivity contribution in [1.29, 1.82) is 0 Å². The average molecular weight is 788 g/mol. The van der Waals surface area contributed by atoms with E-state index in [1.807, 2.05) is 11.3 Å². The van der Waals surface area contributed by atoms with Crippen LogP contribution < -0.4 is 4.90 Å². The zero-order valence-electron chi connectivity index (χ0n) is 33.6. The highest BCUT2D eigenvalue weighted by molar-refractivity contribution is 7.25. The van der Waals surface area contributed by atoms with Crippen LogP contribution >= 0.6 is 11.3 Å². The number of thiophene rings is 1. The van der Waals surface area contributed by atoms with E-state index in [9.17, 15) is 0 Å². The van der Waals surface area contributed by atoms with Gasteiger partial charge in [0.05, 0.1) is 17.1 Å². The highest BCUT2D eigenvalue weighted by Gasteiger charge is 2.26. The lowest BCUT2D eigenvalue weighted by molar-refractivity contribution is 0.445. The largest absolute Gasteiger partial charge is 0.309 e. The van der Waals surface area contributed by atoms with E-state index in [0.717, 1.165) is 17.1 Å². The van der Waals surface area contributed by atoms with Crippen molar-refractivity contribution in [2.24, 2.45) is 0 Å². The van der Waals surface area contributed by atoms with Crippen molar-refractivity contribution in [2.75, 3.05) is 4.90 Å². The zero-order valence-corrected chi connectivity index (χ0v) is 34.4. The minimum Gasteiger partial charge on any atom is -0.309 e. The molecule has 0 amide bonds. The van der Waals surface area contributed by atoms with Crippen molar-refractivity contribution >= 4 is 59.3 Å². The number of benzene rings is 9. The summed E-state index contributed by atoms with van der Waals surface area (Å²) < 4.78 is 2.62. The van der Waals surface area contributed by atoms with Crippen molar-refractivity contribution in [1.82, 2.24) is 0 Å². The molecule has 0 aliphatic heterocycles. The van der Waals surface area contributed by atoms with Crippen LogP contribution in [-0.4, -0.2) is 0 Å². The van der Waals surface area contributed by atoms with Gasteiger partial charge in [-0.15, -0.1) is 11.3 Å². The molecule has 0 radical (unpaired) electrons. The molecule has 0 unspecified atom stereocenters. The summed E-state index contributed by atoms with van der Waals surface area (Å²) in [5.41, 5.74) is 14.7. The van der Waals surface area contributed by atoms with E-state index in [4.69, 9.17) is 0 Å². The molecule has 1 aliphatic carbocycles. The minimum absolute atomic E-state index is 0.573. The number of rotatable bonds is 8. The van der Waals surface area contributed by atoms with Crippen LogP contribution in [0.3, 0.4) is 0 Å². The van der Waals surface area contributed by atoms with Gasteiger partial charge in [-0.1, -0.05) is 189 Å². The Morgan fingerprint density at radius 1 is 0.367 bits per heavy atom. The second-order valence-corrected chi connectivity index (χ2v) is 17.3. The summed E-state index contributed by atoms with van der Waals surface area (Å²) in [5, 5.41) is 5.32. The summed E-state index contributed by atoms with van der Waals surface area (Å²) in [5.74, 6) is 0.573. The van der Waals surface area contributed by atoms with E-state index in [1.54, 1.807) is 0 Å². The summed E-state index contributed by atoms with van der Waals surface area (Å²) in [6.07, 6.45) is 6.46. The maximum atomic E-state index is 2.57. The number of hydrogen-bond acceptors (Lipinski definition) is 2. The summed E-state index contributed by atoms with van der Waals surface area (Å²) in [4.78, 5) is 2.57. The van der Waals surface area contributed by atoms with Gasteiger partial charge in [-0.05, 0) is 99.3 Å². The highest BCUT2D eigenvalue weighted by Crippen LogP contribution is 2.51. The SMILES string of the molecule is c1ccc(-c2ccc(N(c3ccccc3-c3cccc4cccc(C5CCCCC5)c34)c3ccccc3-c3cccc4sc5ccccc5c34)c(-c3ccccc3)c2)cc1. The molecule has 9 aromatic carbocycles. The third-order valence-corrected chi connectivity index (χ3v) is 13.8. The summed E-state index contributed by atoms with van der Waals surface area (Å²) >= 11 is 1.88. The fourth-order valence-electron chi connectivity index (χ4n) is 9.92. The lowest BCUT2D eigenvalue weighted by atomic mass is 9.80. The molecule has 1 nitrogen and oxygen atoms in total. The first-order chi connectivity index (χ1) is 29.8. The van der Waals surface area contributed by atoms with Crippen molar-refractivity contribution in [2.45, 2.75) is 38.0 Å². The fourth-order valence-corrected chi connectivity index (χ4v) is 11.1. The Morgan fingerprint density at radius 2 is 0.917 bits per heavy atom. The van der Waals surface area contributed by atoms with E-state index in [-0.39, 0.29) is 0 Å². The van der Waals surface area contributed by atoms with E-state index in [0.29, 0.717) is 5.92 Å². The van der Waals surface area contributed by atoms with Crippen LogP contribution in [0.4, 0.5) is 17.1 Å². The Balaban J connectivity index is 1.22. The first kappa shape index (κ1) is 36.3. The summed E-state index contributed by atoms with van der Waals surface area (Å²) in [7, 11) is 0. The second kappa shape index (κ2) is 15.8. The van der Waals surface area contributed by atoms with Crippen molar-refractivity contribution in [3.05, 3.63) is 212 Å². The van der Waals surface area contributed by atoms with Crippen molar-refractivity contribution in [3.63, 3.8) is 0 Å². The van der Waals surface area contributed by atoms with Crippen LogP contribution in [0.1, 0.15) is 43.6 Å². The molecule has 1 fully saturated rings. The van der Waals surface area contributed by atoms with Gasteiger partial charge in [0.25, 0.3) is 0 Å². The van der Waals surface area contributed by atoms with Gasteiger partial charge in [-0.25, -0.2) is 0 Å². The van der Waals surface area contributed by atoms with Gasteiger partial charge < -0.3 is 4.90 Å². The van der Waals surface area contributed by atoms with E-state index in [1.165, 1.54) is 113 Å². The fraction of sp³-hybridized carbons (Fsp3) is 0.103. The van der Waals surface area contributed by atoms with Crippen LogP contribution in [0.25, 0.3) is 75.5 Å². The topological polar surface area (TPSA) is 3.24 Å². The predicted octanol–water partition coefficient (Wildman–Crippen LogP) is 17.4. The van der Waals surface area contributed by atoms with Crippen molar-refractivity contribution < 1.29 is 0 Å². The number of fused-ring (bicyclic) bond motifs is 4. The third-order valence-electron chi connectivity index (χ3n) is 12.7. The number of nitrogens with zero attached hydrogens (tertiary/aromatic N) is 1. The van der Waals surface area contributed by atoms with Gasteiger partial charge >= 0.3 is 0 Å². The normalized spacial score (nSPS) is 13.3. The van der Waals surface area contributed by atoms with Gasteiger partial charge in [-0.3, -0.25) is 0 Å². The van der Waals surface area contributed by atoms with E-state index in [2.05, 4.69) is 211 Å². The molecular weight excluding hydrogens is 743 g/mol. The minimum atomic E-state index is 0.573. The van der Waals surface area contributed by atoms with Crippen LogP contribution in [0.5, 0.6) is 0 Å². The molecular formula is C58H45NS. The van der Waals surface area contributed by atoms with Crippen LogP contribution in [-0.2, 0) is 0 Å². The van der Waals surface area contributed by atoms with Gasteiger partial charge in [0.2, 0.25) is 0 Å². The Morgan fingerprint density at radius 3 is 1.65 bits per heavy atom. The molecule has 1 saturated carbocycles. The molecule has 1 heterocycles. The molecule has 0 atom stereocenters. The van der Waals surface area contributed by atoms with Crippen LogP contribution in [0.15, 0.2) is 206 Å². The summed E-state index contributed by atoms with van der Waals surface area (Å²) in [6, 6.07) is 76.6. The molecule has 288 valence electrons. The Kier molecular flexibility index (Phi) is 9.56. The van der Waals surface area contributed by atoms with Crippen LogP contribution in [0, 0.1) is 0 Å². The van der Waals surface area contributed by atoms with E-state index < -0.39 is 0 Å². The average Bonchev–Trinajstić information content (AvgIpc) is 3.72. The Hall–Kier alpha value is -6.74. The molecule has 2 heteroatoms. The lowest BCUT2D eigenvalue weighted by Gasteiger charge is -2.32. The molecule has 1 aliphatic rings. The quantitative estimate of drug-likeness (QED) is 0.148. The Bertz CT molecular complexity index is 3130. The van der Waals surface area contributed by atoms with Gasteiger partial charge in [-0.2, -0.15) is 0 Å². The lowest BCUT2D eigenvalue weighted by Crippen LogP contribution is -2.14. The summed E-state index contributed by atoms with van der Waals surface area (Å²) in [6.45, 7) is 0. The maximum absolute atomic E-state index is 2.57. The molecule has 10 aromatic rings. The zero-order chi connectivity index (χ0) is 39.8. The number of hydrogen-bond donors (Lipinski definition) is 0. The molecule has 1 aromatic heterocycles. The first-order valence-electron chi connectivity index (χ1n) is 21.5. The third kappa shape index (κ3) is 6.49. The molecule has 0 spiro atoms. The van der Waals surface area contributed by atoms with Gasteiger partial charge in [0, 0.05) is 36.9 Å². The second-order valence-electron chi connectivity index (χ2n) is 16.2. The highest BCUT2D eigenvalue weighted by atomic mass is 32.1. The number of para-hydroxylation sites is 2. The molecule has 60 heavy (non-hydrogen) atoms. The standard InChI is InChI=1S/C58H45NS/c1-4-19-40(20-5-1)44-37-38-54(51(39-44)42-23-8-3-9-24-42)59(53-34-14-11-28-47(53)49-32-18-36-56-58(49)50-29-12-15-35-55(50)60-56)52-33-13-10-27-46(52)48-31-17-26-43-25-16-30-45(57(43)48)41-21-6-2-7-22-41/h1,3-5,8-20,23-39,41H,2,6-7,21-22H2. The van der Waals surface area contributed by atoms with Crippen molar-refractivity contribution in [3.8, 4) is 44.5 Å². The van der Waals surface area contributed by atoms with E-state index >= 15 is 0 Å². The molecule has 0 N–H and O–H groups in total. The monoisotopic (exact) mass is 787 g/mol. The Labute approximate surface area is 356 Å². The van der Waals surface area contributed by atoms with Crippen LogP contribution in [0.2, 0.25) is 0 Å². The molecule has 0 bridgehead atoms. The molecule has 0 saturated heterocycles. The first-order valence-corrected chi connectivity index (χ1v) is 22.3.